The van der Waals surface area contributed by atoms with Gasteiger partial charge in [-0.05, 0) is 55.0 Å². The van der Waals surface area contributed by atoms with E-state index in [1.165, 1.54) is 47.5 Å². The second-order valence-corrected chi connectivity index (χ2v) is 7.92. The minimum atomic E-state index is -0.691. The van der Waals surface area contributed by atoms with E-state index in [0.29, 0.717) is 40.4 Å². The summed E-state index contributed by atoms with van der Waals surface area (Å²) in [6.07, 6.45) is 0.00696. The van der Waals surface area contributed by atoms with Crippen LogP contribution in [-0.2, 0) is 25.3 Å². The first-order valence-corrected chi connectivity index (χ1v) is 11.0. The van der Waals surface area contributed by atoms with Crippen molar-refractivity contribution < 1.29 is 18.7 Å². The Bertz CT molecular complexity index is 1510. The predicted molar refractivity (Wildman–Crippen MR) is 131 cm³/mol. The molecule has 4 aromatic rings. The zero-order valence-corrected chi connectivity index (χ0v) is 19.5. The maximum absolute atomic E-state index is 13.2. The molecule has 3 aromatic carbocycles. The summed E-state index contributed by atoms with van der Waals surface area (Å²) in [5, 5.41) is 2.81. The van der Waals surface area contributed by atoms with Crippen molar-refractivity contribution in [3.63, 3.8) is 0 Å². The van der Waals surface area contributed by atoms with Crippen LogP contribution in [0.5, 0.6) is 17.2 Å². The monoisotopic (exact) mass is 477 g/mol. The van der Waals surface area contributed by atoms with Crippen molar-refractivity contribution in [2.75, 3.05) is 11.9 Å². The first-order valence-electron chi connectivity index (χ1n) is 11.0. The van der Waals surface area contributed by atoms with Crippen LogP contribution in [0.4, 0.5) is 10.1 Å². The molecule has 8 nitrogen and oxygen atoms in total. The van der Waals surface area contributed by atoms with Gasteiger partial charge in [-0.2, -0.15) is 0 Å². The smallest absolute Gasteiger partial charge is 0.316 e. The van der Waals surface area contributed by atoms with Crippen LogP contribution in [0.1, 0.15) is 12.5 Å². The Kier molecular flexibility index (Phi) is 6.68. The topological polar surface area (TPSA) is 91.6 Å². The minimum absolute atomic E-state index is 0.00696. The van der Waals surface area contributed by atoms with E-state index >= 15 is 0 Å². The number of hydrogen-bond donors (Lipinski definition) is 1. The zero-order chi connectivity index (χ0) is 25.1. The molecule has 0 unspecified atom stereocenters. The number of anilines is 1. The molecule has 180 valence electrons. The zero-order valence-electron chi connectivity index (χ0n) is 19.5. The molecule has 1 amide bonds. The van der Waals surface area contributed by atoms with E-state index in [-0.39, 0.29) is 23.9 Å². The second kappa shape index (κ2) is 9.84. The number of nitrogens with one attached hydrogen (secondary N) is 1. The average molecular weight is 477 g/mol. The van der Waals surface area contributed by atoms with Gasteiger partial charge >= 0.3 is 11.1 Å². The normalized spacial score (nSPS) is 10.9. The highest BCUT2D eigenvalue weighted by molar-refractivity contribution is 5.96. The number of halogens is 1. The number of carbonyl (C=O) groups excluding carboxylic acids is 1. The number of rotatable bonds is 7. The Labute approximate surface area is 200 Å². The van der Waals surface area contributed by atoms with Gasteiger partial charge in [-0.1, -0.05) is 12.1 Å². The van der Waals surface area contributed by atoms with E-state index in [1.807, 2.05) is 6.92 Å². The maximum atomic E-state index is 13.2. The van der Waals surface area contributed by atoms with E-state index in [2.05, 4.69) is 5.32 Å². The van der Waals surface area contributed by atoms with Crippen molar-refractivity contribution in [2.24, 2.45) is 14.1 Å². The summed E-state index contributed by atoms with van der Waals surface area (Å²) in [7, 11) is 2.99. The lowest BCUT2D eigenvalue weighted by Crippen LogP contribution is -2.39. The molecule has 9 heteroatoms. The van der Waals surface area contributed by atoms with Crippen molar-refractivity contribution in [3.05, 3.63) is 92.8 Å². The molecule has 0 spiro atoms. The highest BCUT2D eigenvalue weighted by atomic mass is 19.1. The van der Waals surface area contributed by atoms with E-state index in [1.54, 1.807) is 36.4 Å². The molecule has 0 saturated carbocycles. The van der Waals surface area contributed by atoms with Crippen LogP contribution < -0.4 is 25.9 Å². The molecule has 0 saturated heterocycles. The number of amides is 1. The molecule has 0 atom stereocenters. The Hall–Kier alpha value is -4.40. The van der Waals surface area contributed by atoms with E-state index in [9.17, 15) is 18.8 Å². The molecular formula is C26H24FN3O5. The summed E-state index contributed by atoms with van der Waals surface area (Å²) in [5.41, 5.74) is 0.465. The van der Waals surface area contributed by atoms with Crippen molar-refractivity contribution >= 4 is 22.6 Å². The molecule has 1 heterocycles. The molecule has 0 aliphatic rings. The minimum Gasteiger partial charge on any atom is -0.494 e. The van der Waals surface area contributed by atoms with Gasteiger partial charge in [-0.3, -0.25) is 14.4 Å². The Morgan fingerprint density at radius 2 is 1.46 bits per heavy atom. The SMILES string of the molecule is CCOc1ccc(Oc2cc3c(cc2NC(=O)Cc2ccc(F)cc2)n(C)c(=O)c(=O)n3C)cc1. The molecule has 1 N–H and O–H groups in total. The third kappa shape index (κ3) is 5.08. The fraction of sp³-hybridized carbons (Fsp3) is 0.192. The lowest BCUT2D eigenvalue weighted by atomic mass is 10.1. The molecule has 0 aliphatic heterocycles. The highest BCUT2D eigenvalue weighted by Gasteiger charge is 2.16. The summed E-state index contributed by atoms with van der Waals surface area (Å²) in [6, 6.07) is 15.8. The van der Waals surface area contributed by atoms with Crippen LogP contribution in [-0.4, -0.2) is 21.6 Å². The van der Waals surface area contributed by atoms with Crippen molar-refractivity contribution in [2.45, 2.75) is 13.3 Å². The molecule has 0 bridgehead atoms. The van der Waals surface area contributed by atoms with Crippen LogP contribution in [0.2, 0.25) is 0 Å². The lowest BCUT2D eigenvalue weighted by Gasteiger charge is -2.17. The standard InChI is InChI=1S/C26H24FN3O5/c1-4-34-18-9-11-19(12-10-18)35-23-15-22-21(29(2)25(32)26(33)30(22)3)14-20(23)28-24(31)13-16-5-7-17(27)8-6-16/h5-12,14-15H,4,13H2,1-3H3,(H,28,31). The Balaban J connectivity index is 1.75. The summed E-state index contributed by atoms with van der Waals surface area (Å²) in [5.74, 6) is 0.701. The van der Waals surface area contributed by atoms with Crippen LogP contribution in [0.15, 0.2) is 70.3 Å². The van der Waals surface area contributed by atoms with Gasteiger partial charge in [0.2, 0.25) is 5.91 Å². The molecule has 0 fully saturated rings. The molecule has 4 rings (SSSR count). The van der Waals surface area contributed by atoms with Crippen LogP contribution in [0.3, 0.4) is 0 Å². The maximum Gasteiger partial charge on any atom is 0.316 e. The summed E-state index contributed by atoms with van der Waals surface area (Å²) in [4.78, 5) is 37.5. The van der Waals surface area contributed by atoms with Gasteiger partial charge in [-0.25, -0.2) is 4.39 Å². The number of nitrogens with zero attached hydrogens (tertiary/aromatic N) is 2. The summed E-state index contributed by atoms with van der Waals surface area (Å²) in [6.45, 7) is 2.42. The van der Waals surface area contributed by atoms with Crippen molar-refractivity contribution in [3.8, 4) is 17.2 Å². The number of hydrogen-bond acceptors (Lipinski definition) is 5. The van der Waals surface area contributed by atoms with Gasteiger partial charge in [-0.15, -0.1) is 0 Å². The number of ether oxygens (including phenoxy) is 2. The first-order chi connectivity index (χ1) is 16.8. The van der Waals surface area contributed by atoms with Gasteiger partial charge < -0.3 is 23.9 Å². The van der Waals surface area contributed by atoms with Gasteiger partial charge in [0, 0.05) is 20.2 Å². The summed E-state index contributed by atoms with van der Waals surface area (Å²) < 4.78 is 27.2. The molecular weight excluding hydrogens is 453 g/mol. The Morgan fingerprint density at radius 3 is 2.06 bits per heavy atom. The number of aryl methyl sites for hydroxylation is 2. The van der Waals surface area contributed by atoms with E-state index in [0.717, 1.165) is 0 Å². The third-order valence-corrected chi connectivity index (χ3v) is 5.51. The fourth-order valence-corrected chi connectivity index (χ4v) is 3.66. The second-order valence-electron chi connectivity index (χ2n) is 7.92. The van der Waals surface area contributed by atoms with Gasteiger partial charge in [0.1, 0.15) is 17.3 Å². The van der Waals surface area contributed by atoms with Crippen molar-refractivity contribution in [1.82, 2.24) is 9.13 Å². The van der Waals surface area contributed by atoms with Crippen molar-refractivity contribution in [1.29, 1.82) is 0 Å². The third-order valence-electron chi connectivity index (χ3n) is 5.51. The molecule has 0 radical (unpaired) electrons. The fourth-order valence-electron chi connectivity index (χ4n) is 3.66. The van der Waals surface area contributed by atoms with Crippen LogP contribution >= 0.6 is 0 Å². The largest absolute Gasteiger partial charge is 0.494 e. The van der Waals surface area contributed by atoms with Gasteiger partial charge in [0.05, 0.1) is 29.7 Å². The molecule has 35 heavy (non-hydrogen) atoms. The van der Waals surface area contributed by atoms with E-state index in [4.69, 9.17) is 9.47 Å². The first kappa shape index (κ1) is 23.7. The number of fused-ring (bicyclic) bond motifs is 1. The van der Waals surface area contributed by atoms with Crippen LogP contribution in [0.25, 0.3) is 11.0 Å². The molecule has 1 aromatic heterocycles. The summed E-state index contributed by atoms with van der Waals surface area (Å²) >= 11 is 0. The number of benzene rings is 3. The van der Waals surface area contributed by atoms with Gasteiger partial charge in [0.25, 0.3) is 0 Å². The number of carbonyl (C=O) groups is 1. The van der Waals surface area contributed by atoms with E-state index < -0.39 is 11.1 Å². The highest BCUT2D eigenvalue weighted by Crippen LogP contribution is 2.34. The van der Waals surface area contributed by atoms with Gasteiger partial charge in [0.15, 0.2) is 5.75 Å². The lowest BCUT2D eigenvalue weighted by molar-refractivity contribution is -0.115. The number of aromatic nitrogens is 2. The van der Waals surface area contributed by atoms with Crippen LogP contribution in [0, 0.1) is 5.82 Å². The average Bonchev–Trinajstić information content (AvgIpc) is 2.85. The Morgan fingerprint density at radius 1 is 0.886 bits per heavy atom. The quantitative estimate of drug-likeness (QED) is 0.410. The predicted octanol–water partition coefficient (Wildman–Crippen LogP) is 3.75. The molecule has 0 aliphatic carbocycles.